The normalized spacial score (nSPS) is 15.2. The van der Waals surface area contributed by atoms with Crippen molar-refractivity contribution < 1.29 is 4.84 Å². The van der Waals surface area contributed by atoms with Gasteiger partial charge in [-0.1, -0.05) is 36.4 Å². The van der Waals surface area contributed by atoms with Crippen molar-refractivity contribution in [2.45, 2.75) is 6.61 Å². The Morgan fingerprint density at radius 3 is 2.85 bits per heavy atom. The van der Waals surface area contributed by atoms with Gasteiger partial charge in [-0.05, 0) is 17.5 Å². The molecule has 0 atom stereocenters. The van der Waals surface area contributed by atoms with E-state index >= 15 is 0 Å². The predicted octanol–water partition coefficient (Wildman–Crippen LogP) is 2.60. The molecule has 0 aromatic heterocycles. The highest BCUT2D eigenvalue weighted by Crippen LogP contribution is 2.18. The average molecular weight is 193 g/mol. The van der Waals surface area contributed by atoms with Gasteiger partial charge in [-0.3, -0.25) is 4.84 Å². The van der Waals surface area contributed by atoms with Gasteiger partial charge < -0.3 is 0 Å². The Labute approximate surface area is 82.3 Å². The van der Waals surface area contributed by atoms with E-state index in [0.29, 0.717) is 6.61 Å². The van der Waals surface area contributed by atoms with Crippen molar-refractivity contribution in [2.75, 3.05) is 5.75 Å². The van der Waals surface area contributed by atoms with E-state index in [2.05, 4.69) is 18.2 Å². The molecule has 2 nitrogen and oxygen atoms in total. The summed E-state index contributed by atoms with van der Waals surface area (Å²) in [4.78, 5) is 5.50. The van der Waals surface area contributed by atoms with Gasteiger partial charge in [-0.25, -0.2) is 4.47 Å². The summed E-state index contributed by atoms with van der Waals surface area (Å²) in [6, 6.07) is 10.2. The molecule has 68 valence electrons. The first-order chi connectivity index (χ1) is 6.45. The van der Waals surface area contributed by atoms with E-state index in [4.69, 9.17) is 4.84 Å². The summed E-state index contributed by atoms with van der Waals surface area (Å²) in [5.41, 5.74) is 1.20. The van der Waals surface area contributed by atoms with Crippen LogP contribution in [0.3, 0.4) is 0 Å². The molecule has 1 heterocycles. The maximum absolute atomic E-state index is 5.50. The van der Waals surface area contributed by atoms with Crippen LogP contribution in [0.4, 0.5) is 0 Å². The summed E-state index contributed by atoms with van der Waals surface area (Å²) in [6.45, 7) is 0.637. The maximum atomic E-state index is 5.50. The van der Waals surface area contributed by atoms with Crippen LogP contribution in [-0.2, 0) is 11.4 Å². The number of hydroxylamine groups is 1. The third kappa shape index (κ3) is 2.50. The van der Waals surface area contributed by atoms with Gasteiger partial charge in [0.05, 0.1) is 0 Å². The lowest BCUT2D eigenvalue weighted by Crippen LogP contribution is -2.05. The van der Waals surface area contributed by atoms with Crippen molar-refractivity contribution in [1.82, 2.24) is 4.47 Å². The van der Waals surface area contributed by atoms with Crippen LogP contribution in [0.1, 0.15) is 5.56 Å². The summed E-state index contributed by atoms with van der Waals surface area (Å²) in [6.07, 6.45) is 4.03. The highest BCUT2D eigenvalue weighted by atomic mass is 32.2. The molecule has 1 aliphatic heterocycles. The number of hydrogen-bond donors (Lipinski definition) is 0. The van der Waals surface area contributed by atoms with E-state index < -0.39 is 0 Å². The van der Waals surface area contributed by atoms with Crippen molar-refractivity contribution in [3.05, 3.63) is 48.2 Å². The van der Waals surface area contributed by atoms with E-state index in [9.17, 15) is 0 Å². The zero-order valence-electron chi connectivity index (χ0n) is 7.22. The van der Waals surface area contributed by atoms with Crippen molar-refractivity contribution >= 4 is 11.9 Å². The number of nitrogens with zero attached hydrogens (tertiary/aromatic N) is 1. The van der Waals surface area contributed by atoms with Crippen LogP contribution < -0.4 is 0 Å². The first kappa shape index (κ1) is 8.66. The van der Waals surface area contributed by atoms with Crippen molar-refractivity contribution in [3.63, 3.8) is 0 Å². The molecule has 0 saturated heterocycles. The van der Waals surface area contributed by atoms with E-state index in [1.807, 2.05) is 24.4 Å². The van der Waals surface area contributed by atoms with Crippen LogP contribution in [0, 0.1) is 0 Å². The van der Waals surface area contributed by atoms with Gasteiger partial charge in [0.1, 0.15) is 6.61 Å². The standard InChI is InChI=1S/C10H11NOS/c1-2-5-10(6-3-1)9-12-11-7-4-8-13-11/h1-7H,8-9H2. The molecule has 1 aromatic carbocycles. The summed E-state index contributed by atoms with van der Waals surface area (Å²) >= 11 is 1.66. The fraction of sp³-hybridized carbons (Fsp3) is 0.200. The van der Waals surface area contributed by atoms with Gasteiger partial charge in [0.25, 0.3) is 0 Å². The van der Waals surface area contributed by atoms with Gasteiger partial charge in [0.2, 0.25) is 0 Å². The summed E-state index contributed by atoms with van der Waals surface area (Å²) < 4.78 is 1.80. The molecule has 13 heavy (non-hydrogen) atoms. The number of benzene rings is 1. The van der Waals surface area contributed by atoms with Gasteiger partial charge in [0.15, 0.2) is 0 Å². The van der Waals surface area contributed by atoms with Gasteiger partial charge >= 0.3 is 0 Å². The lowest BCUT2D eigenvalue weighted by Gasteiger charge is -2.12. The minimum atomic E-state index is 0.637. The average Bonchev–Trinajstić information content (AvgIpc) is 2.69. The molecular formula is C10H11NOS. The smallest absolute Gasteiger partial charge is 0.101 e. The first-order valence-electron chi connectivity index (χ1n) is 4.21. The molecule has 0 bridgehead atoms. The molecule has 0 amide bonds. The minimum Gasteiger partial charge on any atom is -0.258 e. The Balaban J connectivity index is 1.82. The molecule has 0 unspecified atom stereocenters. The minimum absolute atomic E-state index is 0.637. The summed E-state index contributed by atoms with van der Waals surface area (Å²) in [7, 11) is 0. The van der Waals surface area contributed by atoms with E-state index in [0.717, 1.165) is 5.75 Å². The van der Waals surface area contributed by atoms with Crippen LogP contribution in [0.15, 0.2) is 42.6 Å². The highest BCUT2D eigenvalue weighted by Gasteiger charge is 2.04. The van der Waals surface area contributed by atoms with Gasteiger partial charge in [-0.15, -0.1) is 0 Å². The van der Waals surface area contributed by atoms with E-state index in [-0.39, 0.29) is 0 Å². The molecule has 0 N–H and O–H groups in total. The molecule has 0 spiro atoms. The number of rotatable bonds is 3. The van der Waals surface area contributed by atoms with Gasteiger partial charge in [-0.2, -0.15) is 0 Å². The Morgan fingerprint density at radius 2 is 2.15 bits per heavy atom. The molecule has 0 radical (unpaired) electrons. The van der Waals surface area contributed by atoms with Crippen molar-refractivity contribution in [1.29, 1.82) is 0 Å². The molecule has 3 heteroatoms. The lowest BCUT2D eigenvalue weighted by molar-refractivity contribution is -0.0486. The Hall–Kier alpha value is -0.930. The Kier molecular flexibility index (Phi) is 2.90. The molecular weight excluding hydrogens is 182 g/mol. The Bertz CT molecular complexity index is 286. The zero-order chi connectivity index (χ0) is 8.93. The number of hydrogen-bond acceptors (Lipinski definition) is 3. The van der Waals surface area contributed by atoms with Crippen LogP contribution in [-0.4, -0.2) is 10.2 Å². The lowest BCUT2D eigenvalue weighted by atomic mass is 10.2. The molecule has 0 fully saturated rings. The fourth-order valence-corrected chi connectivity index (χ4v) is 1.70. The third-order valence-electron chi connectivity index (χ3n) is 1.73. The fourth-order valence-electron chi connectivity index (χ4n) is 1.08. The van der Waals surface area contributed by atoms with Gasteiger partial charge in [0, 0.05) is 12.0 Å². The topological polar surface area (TPSA) is 12.5 Å². The van der Waals surface area contributed by atoms with E-state index in [1.165, 1.54) is 5.56 Å². The molecule has 2 rings (SSSR count). The predicted molar refractivity (Wildman–Crippen MR) is 54.7 cm³/mol. The third-order valence-corrected chi connectivity index (χ3v) is 2.55. The molecule has 1 aromatic rings. The maximum Gasteiger partial charge on any atom is 0.101 e. The second-order valence-corrected chi connectivity index (χ2v) is 3.68. The second kappa shape index (κ2) is 4.35. The van der Waals surface area contributed by atoms with Crippen LogP contribution >= 0.6 is 11.9 Å². The quantitative estimate of drug-likeness (QED) is 0.685. The Morgan fingerprint density at radius 1 is 1.31 bits per heavy atom. The van der Waals surface area contributed by atoms with Crippen LogP contribution in [0.5, 0.6) is 0 Å². The largest absolute Gasteiger partial charge is 0.258 e. The zero-order valence-corrected chi connectivity index (χ0v) is 8.04. The molecule has 1 aliphatic rings. The van der Waals surface area contributed by atoms with Crippen molar-refractivity contribution in [3.8, 4) is 0 Å². The van der Waals surface area contributed by atoms with Crippen LogP contribution in [0.25, 0.3) is 0 Å². The molecule has 0 saturated carbocycles. The highest BCUT2D eigenvalue weighted by molar-refractivity contribution is 7.97. The van der Waals surface area contributed by atoms with E-state index in [1.54, 1.807) is 16.4 Å². The first-order valence-corrected chi connectivity index (χ1v) is 5.15. The summed E-state index contributed by atoms with van der Waals surface area (Å²) in [5, 5.41) is 0. The summed E-state index contributed by atoms with van der Waals surface area (Å²) in [5.74, 6) is 1.01. The monoisotopic (exact) mass is 193 g/mol. The molecule has 0 aliphatic carbocycles. The van der Waals surface area contributed by atoms with Crippen LogP contribution in [0.2, 0.25) is 0 Å². The van der Waals surface area contributed by atoms with Crippen molar-refractivity contribution in [2.24, 2.45) is 0 Å². The SMILES string of the molecule is C1=CN(OCc2ccccc2)SC1. The second-order valence-electron chi connectivity index (χ2n) is 2.72.